The summed E-state index contributed by atoms with van der Waals surface area (Å²) in [6.07, 6.45) is 4.89. The van der Waals surface area contributed by atoms with Gasteiger partial charge < -0.3 is 10.6 Å². The van der Waals surface area contributed by atoms with E-state index in [0.717, 1.165) is 18.9 Å². The Bertz CT molecular complexity index is 288. The van der Waals surface area contributed by atoms with Gasteiger partial charge in [-0.3, -0.25) is 9.69 Å². The molecule has 0 spiro atoms. The van der Waals surface area contributed by atoms with Crippen molar-refractivity contribution in [2.24, 2.45) is 11.8 Å². The van der Waals surface area contributed by atoms with Crippen LogP contribution >= 0.6 is 0 Å². The Labute approximate surface area is 103 Å². The van der Waals surface area contributed by atoms with Gasteiger partial charge in [-0.15, -0.1) is 0 Å². The minimum Gasteiger partial charge on any atom is -0.354 e. The van der Waals surface area contributed by atoms with Crippen LogP contribution in [0.4, 0.5) is 0 Å². The summed E-state index contributed by atoms with van der Waals surface area (Å²) in [4.78, 5) is 14.3. The number of carbonyl (C=O) groups is 1. The first-order valence-electron chi connectivity index (χ1n) is 7.07. The Morgan fingerprint density at radius 3 is 2.88 bits per heavy atom. The second-order valence-corrected chi connectivity index (χ2v) is 5.75. The molecule has 0 aliphatic carbocycles. The van der Waals surface area contributed by atoms with Crippen LogP contribution in [0.25, 0.3) is 0 Å². The minimum atomic E-state index is 0.283. The normalized spacial score (nSPS) is 35.6. The van der Waals surface area contributed by atoms with E-state index in [9.17, 15) is 4.79 Å². The number of hydrogen-bond donors (Lipinski definition) is 2. The summed E-state index contributed by atoms with van der Waals surface area (Å²) in [6, 6.07) is 0.492. The third-order valence-corrected chi connectivity index (χ3v) is 4.67. The van der Waals surface area contributed by atoms with Crippen molar-refractivity contribution in [3.8, 4) is 0 Å². The van der Waals surface area contributed by atoms with Crippen LogP contribution in [0.15, 0.2) is 0 Å². The van der Waals surface area contributed by atoms with Crippen LogP contribution in [0, 0.1) is 11.8 Å². The Morgan fingerprint density at radius 1 is 1.24 bits per heavy atom. The molecule has 4 heteroatoms. The molecule has 96 valence electrons. The molecule has 0 aromatic carbocycles. The summed E-state index contributed by atoms with van der Waals surface area (Å²) in [6.45, 7) is 5.62. The van der Waals surface area contributed by atoms with Gasteiger partial charge in [0.05, 0.1) is 5.92 Å². The standard InChI is InChI=1S/C13H23N3O/c17-13-11-2-1-7-16(12(11)8-15-13)9-10-3-5-14-6-4-10/h10-12,14H,1-9H2,(H,15,17). The van der Waals surface area contributed by atoms with E-state index >= 15 is 0 Å². The fourth-order valence-corrected chi connectivity index (χ4v) is 3.66. The monoisotopic (exact) mass is 237 g/mol. The van der Waals surface area contributed by atoms with Gasteiger partial charge in [0.1, 0.15) is 0 Å². The first kappa shape index (κ1) is 11.5. The number of hydrogen-bond acceptors (Lipinski definition) is 3. The fourth-order valence-electron chi connectivity index (χ4n) is 3.66. The van der Waals surface area contributed by atoms with Crippen LogP contribution in [-0.2, 0) is 4.79 Å². The summed E-state index contributed by atoms with van der Waals surface area (Å²) >= 11 is 0. The number of fused-ring (bicyclic) bond motifs is 1. The largest absolute Gasteiger partial charge is 0.354 e. The van der Waals surface area contributed by atoms with Crippen LogP contribution in [0.1, 0.15) is 25.7 Å². The van der Waals surface area contributed by atoms with E-state index in [4.69, 9.17) is 0 Å². The van der Waals surface area contributed by atoms with Gasteiger partial charge in [0.25, 0.3) is 0 Å². The lowest BCUT2D eigenvalue weighted by Crippen LogP contribution is -2.48. The average molecular weight is 237 g/mol. The number of rotatable bonds is 2. The molecule has 3 heterocycles. The lowest BCUT2D eigenvalue weighted by molar-refractivity contribution is -0.124. The zero-order chi connectivity index (χ0) is 11.7. The molecular weight excluding hydrogens is 214 g/mol. The van der Waals surface area contributed by atoms with Gasteiger partial charge in [0, 0.05) is 19.1 Å². The lowest BCUT2D eigenvalue weighted by atomic mass is 9.89. The number of nitrogens with zero attached hydrogens (tertiary/aromatic N) is 1. The van der Waals surface area contributed by atoms with Crippen LogP contribution in [0.2, 0.25) is 0 Å². The van der Waals surface area contributed by atoms with Crippen molar-refractivity contribution in [2.75, 3.05) is 32.7 Å². The molecule has 4 nitrogen and oxygen atoms in total. The highest BCUT2D eigenvalue weighted by molar-refractivity contribution is 5.82. The maximum absolute atomic E-state index is 11.7. The van der Waals surface area contributed by atoms with Crippen LogP contribution < -0.4 is 10.6 Å². The van der Waals surface area contributed by atoms with Crippen LogP contribution in [0.5, 0.6) is 0 Å². The average Bonchev–Trinajstić information content (AvgIpc) is 2.74. The molecule has 0 aromatic rings. The van der Waals surface area contributed by atoms with E-state index in [0.29, 0.717) is 11.9 Å². The van der Waals surface area contributed by atoms with Crippen molar-refractivity contribution in [1.82, 2.24) is 15.5 Å². The van der Waals surface area contributed by atoms with Gasteiger partial charge in [0.15, 0.2) is 0 Å². The predicted molar refractivity (Wildman–Crippen MR) is 66.7 cm³/mol. The van der Waals surface area contributed by atoms with Gasteiger partial charge in [-0.1, -0.05) is 0 Å². The zero-order valence-corrected chi connectivity index (χ0v) is 10.5. The fraction of sp³-hybridized carbons (Fsp3) is 0.923. The molecule has 2 atom stereocenters. The van der Waals surface area contributed by atoms with E-state index in [-0.39, 0.29) is 5.92 Å². The number of amides is 1. The van der Waals surface area contributed by atoms with E-state index in [1.165, 1.54) is 45.4 Å². The van der Waals surface area contributed by atoms with Crippen molar-refractivity contribution < 1.29 is 4.79 Å². The van der Waals surface area contributed by atoms with E-state index < -0.39 is 0 Å². The molecule has 3 aliphatic heterocycles. The van der Waals surface area contributed by atoms with Crippen molar-refractivity contribution >= 4 is 5.91 Å². The van der Waals surface area contributed by atoms with Crippen LogP contribution in [0.3, 0.4) is 0 Å². The SMILES string of the molecule is O=C1NCC2C1CCCN2CC1CCNCC1. The Morgan fingerprint density at radius 2 is 2.06 bits per heavy atom. The van der Waals surface area contributed by atoms with E-state index in [1.54, 1.807) is 0 Å². The molecule has 2 unspecified atom stereocenters. The molecule has 3 fully saturated rings. The second-order valence-electron chi connectivity index (χ2n) is 5.75. The summed E-state index contributed by atoms with van der Waals surface area (Å²) in [5.74, 6) is 1.42. The molecule has 3 rings (SSSR count). The zero-order valence-electron chi connectivity index (χ0n) is 10.5. The molecular formula is C13H23N3O. The highest BCUT2D eigenvalue weighted by atomic mass is 16.2. The quantitative estimate of drug-likeness (QED) is 0.721. The Balaban J connectivity index is 1.60. The van der Waals surface area contributed by atoms with Gasteiger partial charge in [-0.25, -0.2) is 0 Å². The maximum atomic E-state index is 11.7. The first-order chi connectivity index (χ1) is 8.34. The third kappa shape index (κ3) is 2.33. The molecule has 0 saturated carbocycles. The summed E-state index contributed by atoms with van der Waals surface area (Å²) in [5.41, 5.74) is 0. The topological polar surface area (TPSA) is 44.4 Å². The number of nitrogens with one attached hydrogen (secondary N) is 2. The molecule has 3 aliphatic rings. The van der Waals surface area contributed by atoms with Crippen molar-refractivity contribution in [2.45, 2.75) is 31.7 Å². The minimum absolute atomic E-state index is 0.283. The van der Waals surface area contributed by atoms with Crippen LogP contribution in [-0.4, -0.2) is 49.6 Å². The predicted octanol–water partition coefficient (Wildman–Crippen LogP) is 0.196. The molecule has 0 aromatic heterocycles. The third-order valence-electron chi connectivity index (χ3n) is 4.67. The van der Waals surface area contributed by atoms with E-state index in [2.05, 4.69) is 15.5 Å². The van der Waals surface area contributed by atoms with Crippen molar-refractivity contribution in [3.05, 3.63) is 0 Å². The van der Waals surface area contributed by atoms with Crippen molar-refractivity contribution in [1.29, 1.82) is 0 Å². The maximum Gasteiger partial charge on any atom is 0.224 e. The van der Waals surface area contributed by atoms with Gasteiger partial charge >= 0.3 is 0 Å². The second kappa shape index (κ2) is 4.94. The highest BCUT2D eigenvalue weighted by Crippen LogP contribution is 2.28. The first-order valence-corrected chi connectivity index (χ1v) is 7.07. The summed E-state index contributed by atoms with van der Waals surface area (Å²) in [5, 5.41) is 6.46. The molecule has 2 N–H and O–H groups in total. The van der Waals surface area contributed by atoms with E-state index in [1.807, 2.05) is 0 Å². The molecule has 17 heavy (non-hydrogen) atoms. The van der Waals surface area contributed by atoms with Gasteiger partial charge in [-0.2, -0.15) is 0 Å². The number of likely N-dealkylation sites (tertiary alicyclic amines) is 1. The molecule has 0 radical (unpaired) electrons. The van der Waals surface area contributed by atoms with Gasteiger partial charge in [-0.05, 0) is 51.2 Å². The molecule has 0 bridgehead atoms. The smallest absolute Gasteiger partial charge is 0.224 e. The Kier molecular flexibility index (Phi) is 3.34. The summed E-state index contributed by atoms with van der Waals surface area (Å²) < 4.78 is 0. The number of carbonyl (C=O) groups excluding carboxylic acids is 1. The Hall–Kier alpha value is -0.610. The van der Waals surface area contributed by atoms with Crippen molar-refractivity contribution in [3.63, 3.8) is 0 Å². The summed E-state index contributed by atoms with van der Waals surface area (Å²) in [7, 11) is 0. The highest BCUT2D eigenvalue weighted by Gasteiger charge is 2.41. The lowest BCUT2D eigenvalue weighted by Gasteiger charge is -2.38. The molecule has 3 saturated heterocycles. The molecule has 1 amide bonds. The number of piperidine rings is 2. The van der Waals surface area contributed by atoms with Gasteiger partial charge in [0.2, 0.25) is 5.91 Å².